The van der Waals surface area contributed by atoms with Crippen molar-refractivity contribution < 1.29 is 23.5 Å². The van der Waals surface area contributed by atoms with Gasteiger partial charge in [-0.15, -0.1) is 0 Å². The third kappa shape index (κ3) is 3.10. The second kappa shape index (κ2) is 6.58. The van der Waals surface area contributed by atoms with E-state index in [9.17, 15) is 9.59 Å². The number of anilines is 1. The standard InChI is InChI=1S/C21H22N2O5/c24-19-10-14(12-23(19)13-16-4-3-9-26-16)20(25)22-15-5-6-17-18(11-15)28-21(27-17)7-1-2-8-21/h3-6,9,11,14H,1-2,7-8,10,12-13H2,(H,22,25)/t14-/m1/s1. The molecule has 0 bridgehead atoms. The van der Waals surface area contributed by atoms with E-state index in [1.165, 1.54) is 0 Å². The van der Waals surface area contributed by atoms with Crippen LogP contribution < -0.4 is 14.8 Å². The van der Waals surface area contributed by atoms with Gasteiger partial charge in [-0.2, -0.15) is 0 Å². The summed E-state index contributed by atoms with van der Waals surface area (Å²) in [4.78, 5) is 26.6. The van der Waals surface area contributed by atoms with Gasteiger partial charge in [-0.25, -0.2) is 0 Å². The second-order valence-electron chi connectivity index (χ2n) is 7.73. The van der Waals surface area contributed by atoms with Crippen molar-refractivity contribution in [2.45, 2.75) is 44.4 Å². The molecular formula is C21H22N2O5. The van der Waals surface area contributed by atoms with E-state index in [2.05, 4.69) is 5.32 Å². The Morgan fingerprint density at radius 1 is 1.18 bits per heavy atom. The number of carbonyl (C=O) groups is 2. The summed E-state index contributed by atoms with van der Waals surface area (Å²) in [7, 11) is 0. The fourth-order valence-electron chi connectivity index (χ4n) is 4.22. The number of furan rings is 1. The molecule has 5 rings (SSSR count). The highest BCUT2D eigenvalue weighted by molar-refractivity contribution is 5.97. The Morgan fingerprint density at radius 2 is 2.00 bits per heavy atom. The Hall–Kier alpha value is -2.96. The van der Waals surface area contributed by atoms with Crippen molar-refractivity contribution in [3.8, 4) is 11.5 Å². The molecule has 1 saturated heterocycles. The predicted molar refractivity (Wildman–Crippen MR) is 99.8 cm³/mol. The molecule has 1 aromatic carbocycles. The monoisotopic (exact) mass is 382 g/mol. The van der Waals surface area contributed by atoms with Crippen molar-refractivity contribution in [3.05, 3.63) is 42.4 Å². The van der Waals surface area contributed by atoms with Crippen molar-refractivity contribution in [2.75, 3.05) is 11.9 Å². The zero-order valence-electron chi connectivity index (χ0n) is 15.5. The third-order valence-electron chi connectivity index (χ3n) is 5.68. The minimum absolute atomic E-state index is 0.0367. The second-order valence-corrected chi connectivity index (χ2v) is 7.73. The topological polar surface area (TPSA) is 81.0 Å². The molecule has 28 heavy (non-hydrogen) atoms. The van der Waals surface area contributed by atoms with Crippen LogP contribution in [0.1, 0.15) is 37.9 Å². The summed E-state index contributed by atoms with van der Waals surface area (Å²) in [5.41, 5.74) is 0.652. The van der Waals surface area contributed by atoms with Crippen LogP contribution in [-0.2, 0) is 16.1 Å². The van der Waals surface area contributed by atoms with Crippen LogP contribution in [0.25, 0.3) is 0 Å². The Labute approximate surface area is 162 Å². The summed E-state index contributed by atoms with van der Waals surface area (Å²) < 4.78 is 17.3. The molecule has 1 atom stereocenters. The van der Waals surface area contributed by atoms with Crippen molar-refractivity contribution in [3.63, 3.8) is 0 Å². The number of nitrogens with one attached hydrogen (secondary N) is 1. The van der Waals surface area contributed by atoms with Crippen LogP contribution in [0.5, 0.6) is 11.5 Å². The summed E-state index contributed by atoms with van der Waals surface area (Å²) in [6.07, 6.45) is 5.76. The summed E-state index contributed by atoms with van der Waals surface area (Å²) >= 11 is 0. The summed E-state index contributed by atoms with van der Waals surface area (Å²) in [5.74, 6) is 1.01. The van der Waals surface area contributed by atoms with Crippen LogP contribution >= 0.6 is 0 Å². The molecule has 1 N–H and O–H groups in total. The van der Waals surface area contributed by atoms with Gasteiger partial charge in [0.05, 0.1) is 18.7 Å². The predicted octanol–water partition coefficient (Wildman–Crippen LogP) is 3.31. The molecule has 2 fully saturated rings. The van der Waals surface area contributed by atoms with E-state index in [4.69, 9.17) is 13.9 Å². The van der Waals surface area contributed by atoms with E-state index < -0.39 is 5.79 Å². The molecule has 0 unspecified atom stereocenters. The maximum absolute atomic E-state index is 12.7. The molecule has 1 spiro atoms. The lowest BCUT2D eigenvalue weighted by Gasteiger charge is -2.21. The van der Waals surface area contributed by atoms with E-state index in [1.54, 1.807) is 23.3 Å². The first-order valence-electron chi connectivity index (χ1n) is 9.73. The van der Waals surface area contributed by atoms with Gasteiger partial charge in [0, 0.05) is 37.6 Å². The Kier molecular flexibility index (Phi) is 4.03. The fraction of sp³-hybridized carbons (Fsp3) is 0.429. The average molecular weight is 382 g/mol. The first-order valence-corrected chi connectivity index (χ1v) is 9.73. The molecule has 2 aromatic rings. The van der Waals surface area contributed by atoms with Crippen molar-refractivity contribution in [1.82, 2.24) is 4.90 Å². The van der Waals surface area contributed by atoms with E-state index in [1.807, 2.05) is 18.2 Å². The minimum Gasteiger partial charge on any atom is -0.467 e. The molecule has 1 saturated carbocycles. The first kappa shape index (κ1) is 17.2. The van der Waals surface area contributed by atoms with Gasteiger partial charge in [-0.3, -0.25) is 9.59 Å². The zero-order valence-corrected chi connectivity index (χ0v) is 15.5. The number of amides is 2. The number of benzene rings is 1. The average Bonchev–Trinajstić information content (AvgIpc) is 3.45. The molecule has 0 radical (unpaired) electrons. The van der Waals surface area contributed by atoms with Gasteiger partial charge >= 0.3 is 0 Å². The van der Waals surface area contributed by atoms with Gasteiger partial charge in [-0.1, -0.05) is 0 Å². The number of rotatable bonds is 4. The number of fused-ring (bicyclic) bond motifs is 1. The number of hydrogen-bond acceptors (Lipinski definition) is 5. The largest absolute Gasteiger partial charge is 0.467 e. The normalized spacial score (nSPS) is 22.2. The van der Waals surface area contributed by atoms with Gasteiger partial charge < -0.3 is 24.1 Å². The van der Waals surface area contributed by atoms with Gasteiger partial charge in [0.2, 0.25) is 11.8 Å². The quantitative estimate of drug-likeness (QED) is 0.877. The maximum atomic E-state index is 12.7. The van der Waals surface area contributed by atoms with Gasteiger partial charge in [0.15, 0.2) is 11.5 Å². The van der Waals surface area contributed by atoms with Crippen LogP contribution in [0.15, 0.2) is 41.0 Å². The Bertz CT molecular complexity index is 902. The molecule has 1 aromatic heterocycles. The molecule has 146 valence electrons. The smallest absolute Gasteiger partial charge is 0.251 e. The van der Waals surface area contributed by atoms with Crippen molar-refractivity contribution >= 4 is 17.5 Å². The highest BCUT2D eigenvalue weighted by atomic mass is 16.7. The molecule has 1 aliphatic carbocycles. The molecule has 3 heterocycles. The van der Waals surface area contributed by atoms with Gasteiger partial charge in [0.1, 0.15) is 5.76 Å². The van der Waals surface area contributed by atoms with Crippen LogP contribution in [0.4, 0.5) is 5.69 Å². The summed E-state index contributed by atoms with van der Waals surface area (Å²) in [6.45, 7) is 0.779. The molecule has 3 aliphatic rings. The molecule has 7 nitrogen and oxygen atoms in total. The third-order valence-corrected chi connectivity index (χ3v) is 5.68. The molecule has 2 aliphatic heterocycles. The zero-order chi connectivity index (χ0) is 19.1. The lowest BCUT2D eigenvalue weighted by Crippen LogP contribution is -2.34. The minimum atomic E-state index is -0.519. The number of carbonyl (C=O) groups excluding carboxylic acids is 2. The highest BCUT2D eigenvalue weighted by Crippen LogP contribution is 2.47. The van der Waals surface area contributed by atoms with Crippen molar-refractivity contribution in [2.24, 2.45) is 5.92 Å². The summed E-state index contributed by atoms with van der Waals surface area (Å²) in [5, 5.41) is 2.92. The number of likely N-dealkylation sites (tertiary alicyclic amines) is 1. The van der Waals surface area contributed by atoms with Crippen LogP contribution in [0.3, 0.4) is 0 Å². The van der Waals surface area contributed by atoms with Crippen molar-refractivity contribution in [1.29, 1.82) is 0 Å². The van der Waals surface area contributed by atoms with Crippen LogP contribution in [-0.4, -0.2) is 29.0 Å². The SMILES string of the molecule is O=C(Nc1ccc2c(c1)OC1(CCCC1)O2)[C@@H]1CC(=O)N(Cc2ccco2)C1. The molecule has 7 heteroatoms. The highest BCUT2D eigenvalue weighted by Gasteiger charge is 2.44. The Balaban J connectivity index is 1.22. The lowest BCUT2D eigenvalue weighted by atomic mass is 10.1. The van der Waals surface area contributed by atoms with Gasteiger partial charge in [0.25, 0.3) is 5.79 Å². The molecule has 2 amide bonds. The lowest BCUT2D eigenvalue weighted by molar-refractivity contribution is -0.128. The van der Waals surface area contributed by atoms with E-state index >= 15 is 0 Å². The number of nitrogens with zero attached hydrogens (tertiary/aromatic N) is 1. The van der Waals surface area contributed by atoms with Crippen LogP contribution in [0.2, 0.25) is 0 Å². The van der Waals surface area contributed by atoms with E-state index in [0.717, 1.165) is 31.4 Å². The molecular weight excluding hydrogens is 360 g/mol. The fourth-order valence-corrected chi connectivity index (χ4v) is 4.22. The first-order chi connectivity index (χ1) is 13.6. The number of hydrogen-bond donors (Lipinski definition) is 1. The van der Waals surface area contributed by atoms with Crippen LogP contribution in [0, 0.1) is 5.92 Å². The summed E-state index contributed by atoms with van der Waals surface area (Å²) in [6, 6.07) is 9.06. The van der Waals surface area contributed by atoms with Gasteiger partial charge in [-0.05, 0) is 37.1 Å². The van der Waals surface area contributed by atoms with E-state index in [0.29, 0.717) is 30.3 Å². The van der Waals surface area contributed by atoms with E-state index in [-0.39, 0.29) is 24.2 Å². The maximum Gasteiger partial charge on any atom is 0.251 e. The Morgan fingerprint density at radius 3 is 2.79 bits per heavy atom. The number of ether oxygens (including phenoxy) is 2.